The van der Waals surface area contributed by atoms with Gasteiger partial charge in [0.15, 0.2) is 0 Å². The summed E-state index contributed by atoms with van der Waals surface area (Å²) in [6.07, 6.45) is 1.78. The smallest absolute Gasteiger partial charge is 0.410 e. The van der Waals surface area contributed by atoms with Crippen LogP contribution in [0.1, 0.15) is 43.1 Å². The summed E-state index contributed by atoms with van der Waals surface area (Å²) in [6, 6.07) is 4.32. The Labute approximate surface area is 141 Å². The van der Waals surface area contributed by atoms with Crippen LogP contribution in [-0.4, -0.2) is 42.8 Å². The van der Waals surface area contributed by atoms with Gasteiger partial charge in [0.25, 0.3) is 0 Å². The second-order valence-corrected chi connectivity index (χ2v) is 6.56. The molecule has 1 aromatic carbocycles. The third kappa shape index (κ3) is 4.13. The van der Waals surface area contributed by atoms with Gasteiger partial charge in [-0.1, -0.05) is 12.1 Å². The average molecular weight is 335 g/mol. The van der Waals surface area contributed by atoms with E-state index in [9.17, 15) is 14.0 Å². The van der Waals surface area contributed by atoms with Gasteiger partial charge in [-0.25, -0.2) is 14.0 Å². The second-order valence-electron chi connectivity index (χ2n) is 6.56. The predicted octanol–water partition coefficient (Wildman–Crippen LogP) is 3.64. The van der Waals surface area contributed by atoms with Gasteiger partial charge in [-0.2, -0.15) is 0 Å². The molecule has 0 saturated heterocycles. The van der Waals surface area contributed by atoms with Crippen LogP contribution in [0.25, 0.3) is 5.57 Å². The third-order valence-corrected chi connectivity index (χ3v) is 3.60. The summed E-state index contributed by atoms with van der Waals surface area (Å²) in [6.45, 7) is 6.11. The Balaban J connectivity index is 2.22. The van der Waals surface area contributed by atoms with E-state index >= 15 is 0 Å². The van der Waals surface area contributed by atoms with Crippen molar-refractivity contribution in [2.45, 2.75) is 32.8 Å². The number of ether oxygens (including phenoxy) is 2. The number of benzene rings is 1. The minimum absolute atomic E-state index is 0.189. The van der Waals surface area contributed by atoms with Gasteiger partial charge in [0, 0.05) is 18.7 Å². The molecule has 1 aliphatic heterocycles. The average Bonchev–Trinajstić information content (AvgIpc) is 2.52. The Hall–Kier alpha value is -2.37. The first-order chi connectivity index (χ1) is 11.2. The van der Waals surface area contributed by atoms with Gasteiger partial charge in [-0.3, -0.25) is 0 Å². The largest absolute Gasteiger partial charge is 0.465 e. The number of carbonyl (C=O) groups excluding carboxylic acids is 2. The second kappa shape index (κ2) is 7.03. The lowest BCUT2D eigenvalue weighted by atomic mass is 9.94. The summed E-state index contributed by atoms with van der Waals surface area (Å²) in [4.78, 5) is 25.5. The molecule has 0 spiro atoms. The maximum absolute atomic E-state index is 14.3. The molecule has 1 amide bonds. The van der Waals surface area contributed by atoms with E-state index in [0.29, 0.717) is 25.1 Å². The van der Waals surface area contributed by atoms with Crippen LogP contribution in [0.3, 0.4) is 0 Å². The Morgan fingerprint density at radius 2 is 1.96 bits per heavy atom. The van der Waals surface area contributed by atoms with Crippen molar-refractivity contribution in [3.05, 3.63) is 41.2 Å². The maximum Gasteiger partial charge on any atom is 0.410 e. The predicted molar refractivity (Wildman–Crippen MR) is 88.1 cm³/mol. The normalized spacial score (nSPS) is 14.9. The van der Waals surface area contributed by atoms with Crippen LogP contribution < -0.4 is 0 Å². The number of esters is 1. The summed E-state index contributed by atoms with van der Waals surface area (Å²) in [5.74, 6) is -1.06. The molecule has 24 heavy (non-hydrogen) atoms. The van der Waals surface area contributed by atoms with Crippen LogP contribution in [0.4, 0.5) is 9.18 Å². The van der Waals surface area contributed by atoms with Crippen LogP contribution in [0.15, 0.2) is 24.3 Å². The van der Waals surface area contributed by atoms with Crippen LogP contribution >= 0.6 is 0 Å². The molecule has 0 N–H and O–H groups in total. The lowest BCUT2D eigenvalue weighted by Gasteiger charge is -2.30. The zero-order valence-corrected chi connectivity index (χ0v) is 14.4. The molecule has 0 aromatic heterocycles. The van der Waals surface area contributed by atoms with Gasteiger partial charge in [-0.15, -0.1) is 0 Å². The zero-order chi connectivity index (χ0) is 17.9. The van der Waals surface area contributed by atoms with Gasteiger partial charge in [0.1, 0.15) is 11.4 Å². The number of nitrogens with zero attached hydrogens (tertiary/aromatic N) is 1. The molecule has 0 fully saturated rings. The number of rotatable bonds is 2. The van der Waals surface area contributed by atoms with E-state index in [1.165, 1.54) is 25.3 Å². The van der Waals surface area contributed by atoms with Crippen LogP contribution in [0, 0.1) is 5.82 Å². The first-order valence-electron chi connectivity index (χ1n) is 7.77. The molecule has 0 unspecified atom stereocenters. The minimum atomic E-state index is -0.583. The molecular formula is C18H22FNO4. The van der Waals surface area contributed by atoms with Crippen LogP contribution in [-0.2, 0) is 9.47 Å². The van der Waals surface area contributed by atoms with E-state index in [-0.39, 0.29) is 11.1 Å². The minimum Gasteiger partial charge on any atom is -0.465 e. The fourth-order valence-corrected chi connectivity index (χ4v) is 2.52. The molecule has 1 heterocycles. The fourth-order valence-electron chi connectivity index (χ4n) is 2.52. The molecule has 0 bridgehead atoms. The third-order valence-electron chi connectivity index (χ3n) is 3.60. The number of hydrogen-bond donors (Lipinski definition) is 0. The standard InChI is InChI=1S/C18H22FNO4/c1-18(2,3)24-17(22)20-10-8-12(9-11-20)15-13(16(21)23-4)6-5-7-14(15)19/h5-8H,9-11H2,1-4H3. The highest BCUT2D eigenvalue weighted by molar-refractivity contribution is 5.95. The van der Waals surface area contributed by atoms with E-state index in [2.05, 4.69) is 0 Å². The first kappa shape index (κ1) is 18.0. The molecule has 5 nitrogen and oxygen atoms in total. The van der Waals surface area contributed by atoms with E-state index in [4.69, 9.17) is 9.47 Å². The first-order valence-corrected chi connectivity index (χ1v) is 7.77. The molecule has 130 valence electrons. The van der Waals surface area contributed by atoms with E-state index in [0.717, 1.165) is 0 Å². The Bertz CT molecular complexity index is 676. The highest BCUT2D eigenvalue weighted by atomic mass is 19.1. The van der Waals surface area contributed by atoms with Gasteiger partial charge >= 0.3 is 12.1 Å². The number of hydrogen-bond acceptors (Lipinski definition) is 4. The number of carbonyl (C=O) groups is 2. The van der Waals surface area contributed by atoms with Gasteiger partial charge < -0.3 is 14.4 Å². The van der Waals surface area contributed by atoms with Crippen molar-refractivity contribution in [3.63, 3.8) is 0 Å². The highest BCUT2D eigenvalue weighted by Gasteiger charge is 2.26. The molecule has 0 radical (unpaired) electrons. The van der Waals surface area contributed by atoms with Crippen molar-refractivity contribution in [1.29, 1.82) is 0 Å². The molecule has 2 rings (SSSR count). The number of amides is 1. The number of methoxy groups -OCH3 is 1. The van der Waals surface area contributed by atoms with Gasteiger partial charge in [-0.05, 0) is 44.9 Å². The van der Waals surface area contributed by atoms with E-state index in [1.807, 2.05) is 0 Å². The van der Waals surface area contributed by atoms with Crippen molar-refractivity contribution in [2.24, 2.45) is 0 Å². The molecular weight excluding hydrogens is 313 g/mol. The molecule has 0 atom stereocenters. The highest BCUT2D eigenvalue weighted by Crippen LogP contribution is 2.29. The quantitative estimate of drug-likeness (QED) is 0.774. The molecule has 0 aliphatic carbocycles. The molecule has 0 saturated carbocycles. The van der Waals surface area contributed by atoms with E-state index < -0.39 is 23.5 Å². The Morgan fingerprint density at radius 1 is 1.25 bits per heavy atom. The molecule has 6 heteroatoms. The Kier molecular flexibility index (Phi) is 5.26. The summed E-state index contributed by atoms with van der Waals surface area (Å²) in [5.41, 5.74) is 0.556. The monoisotopic (exact) mass is 335 g/mol. The van der Waals surface area contributed by atoms with Gasteiger partial charge in [0.2, 0.25) is 0 Å². The van der Waals surface area contributed by atoms with Gasteiger partial charge in [0.05, 0.1) is 12.7 Å². The Morgan fingerprint density at radius 3 is 2.50 bits per heavy atom. The molecule has 1 aromatic rings. The SMILES string of the molecule is COC(=O)c1cccc(F)c1C1=CCN(C(=O)OC(C)(C)C)CC1. The van der Waals surface area contributed by atoms with Crippen molar-refractivity contribution >= 4 is 17.6 Å². The maximum atomic E-state index is 14.3. The van der Waals surface area contributed by atoms with Crippen molar-refractivity contribution < 1.29 is 23.5 Å². The summed E-state index contributed by atoms with van der Waals surface area (Å²) >= 11 is 0. The number of halogens is 1. The van der Waals surface area contributed by atoms with E-state index in [1.54, 1.807) is 31.7 Å². The van der Waals surface area contributed by atoms with Crippen molar-refractivity contribution in [3.8, 4) is 0 Å². The topological polar surface area (TPSA) is 55.8 Å². The van der Waals surface area contributed by atoms with Crippen LogP contribution in [0.2, 0.25) is 0 Å². The van der Waals surface area contributed by atoms with Crippen LogP contribution in [0.5, 0.6) is 0 Å². The molecule has 1 aliphatic rings. The lowest BCUT2D eigenvalue weighted by Crippen LogP contribution is -2.39. The van der Waals surface area contributed by atoms with Crippen molar-refractivity contribution in [1.82, 2.24) is 4.90 Å². The zero-order valence-electron chi connectivity index (χ0n) is 14.4. The lowest BCUT2D eigenvalue weighted by molar-refractivity contribution is 0.0270. The fraction of sp³-hybridized carbons (Fsp3) is 0.444. The summed E-state index contributed by atoms with van der Waals surface area (Å²) < 4.78 is 24.3. The summed E-state index contributed by atoms with van der Waals surface area (Å²) in [5, 5.41) is 0. The summed E-state index contributed by atoms with van der Waals surface area (Å²) in [7, 11) is 1.26. The van der Waals surface area contributed by atoms with Crippen molar-refractivity contribution in [2.75, 3.05) is 20.2 Å².